The number of nitrogens with zero attached hydrogens (tertiary/aromatic N) is 2. The fraction of sp³-hybridized carbons (Fsp3) is 0.643. The number of hydrogen-bond acceptors (Lipinski definition) is 5. The van der Waals surface area contributed by atoms with Gasteiger partial charge in [0.1, 0.15) is 17.5 Å². The zero-order chi connectivity index (χ0) is 15.1. The van der Waals surface area contributed by atoms with E-state index in [9.17, 15) is 4.79 Å². The van der Waals surface area contributed by atoms with Crippen LogP contribution in [0.2, 0.25) is 0 Å². The van der Waals surface area contributed by atoms with Gasteiger partial charge in [-0.3, -0.25) is 4.79 Å². The number of carbonyl (C=O) groups is 1. The van der Waals surface area contributed by atoms with Gasteiger partial charge in [-0.05, 0) is 34.1 Å². The monoisotopic (exact) mass is 279 g/mol. The Bertz CT molecular complexity index is 459. The van der Waals surface area contributed by atoms with E-state index in [1.165, 1.54) is 0 Å². The Balaban J connectivity index is 2.74. The molecule has 20 heavy (non-hydrogen) atoms. The summed E-state index contributed by atoms with van der Waals surface area (Å²) in [5, 5.41) is 9.18. The molecule has 0 aliphatic heterocycles. The van der Waals surface area contributed by atoms with Crippen molar-refractivity contribution in [3.8, 4) is 0 Å². The molecule has 0 radical (unpaired) electrons. The zero-order valence-corrected chi connectivity index (χ0v) is 13.0. The second kappa shape index (κ2) is 7.67. The maximum Gasteiger partial charge on any atom is 0.239 e. The minimum Gasteiger partial charge on any atom is -0.370 e. The third-order valence-corrected chi connectivity index (χ3v) is 2.67. The smallest absolute Gasteiger partial charge is 0.239 e. The molecule has 0 bridgehead atoms. The fourth-order valence-electron chi connectivity index (χ4n) is 1.75. The van der Waals surface area contributed by atoms with Gasteiger partial charge in [-0.2, -0.15) is 0 Å². The molecule has 0 saturated carbocycles. The number of aryl methyl sites for hydroxylation is 1. The van der Waals surface area contributed by atoms with Gasteiger partial charge in [0.15, 0.2) is 0 Å². The predicted octanol–water partition coefficient (Wildman–Crippen LogP) is 1.85. The Morgan fingerprint density at radius 3 is 2.30 bits per heavy atom. The van der Waals surface area contributed by atoms with Crippen LogP contribution in [-0.2, 0) is 4.79 Å². The van der Waals surface area contributed by atoms with Crippen molar-refractivity contribution >= 4 is 17.5 Å². The molecule has 1 aromatic heterocycles. The lowest BCUT2D eigenvalue weighted by atomic mass is 10.3. The normalized spacial score (nSPS) is 10.5. The van der Waals surface area contributed by atoms with E-state index in [0.717, 1.165) is 24.3 Å². The first-order chi connectivity index (χ1) is 9.43. The molecule has 0 aliphatic rings. The van der Waals surface area contributed by atoms with Gasteiger partial charge in [0, 0.05) is 18.2 Å². The third kappa shape index (κ3) is 5.03. The summed E-state index contributed by atoms with van der Waals surface area (Å²) in [6.07, 6.45) is 1.03. The minimum atomic E-state index is -0.0428. The Morgan fingerprint density at radius 2 is 1.75 bits per heavy atom. The van der Waals surface area contributed by atoms with Crippen LogP contribution in [0.1, 0.15) is 38.6 Å². The molecule has 0 aliphatic carbocycles. The van der Waals surface area contributed by atoms with Gasteiger partial charge >= 0.3 is 0 Å². The molecule has 1 rings (SSSR count). The van der Waals surface area contributed by atoms with Crippen molar-refractivity contribution in [2.75, 3.05) is 23.7 Å². The van der Waals surface area contributed by atoms with Gasteiger partial charge in [-0.25, -0.2) is 9.97 Å². The average molecular weight is 279 g/mol. The molecule has 1 amide bonds. The number of hydrogen-bond donors (Lipinski definition) is 3. The van der Waals surface area contributed by atoms with Crippen molar-refractivity contribution in [1.82, 2.24) is 15.3 Å². The quantitative estimate of drug-likeness (QED) is 0.710. The lowest BCUT2D eigenvalue weighted by Gasteiger charge is -2.14. The minimum absolute atomic E-state index is 0.0428. The topological polar surface area (TPSA) is 78.9 Å². The standard InChI is InChI=1S/C14H25N5O/c1-6-7-15-13-10(4)14(19-11(5)18-13)16-8-12(20)17-9(2)3/h9H,6-8H2,1-5H3,(H,17,20)(H2,15,16,18,19). The van der Waals surface area contributed by atoms with Crippen LogP contribution in [0.25, 0.3) is 0 Å². The molecule has 6 nitrogen and oxygen atoms in total. The van der Waals surface area contributed by atoms with Crippen LogP contribution >= 0.6 is 0 Å². The number of aromatic nitrogens is 2. The Morgan fingerprint density at radius 1 is 1.15 bits per heavy atom. The van der Waals surface area contributed by atoms with E-state index in [4.69, 9.17) is 0 Å². The molecule has 6 heteroatoms. The lowest BCUT2D eigenvalue weighted by Crippen LogP contribution is -2.35. The van der Waals surface area contributed by atoms with Crippen molar-refractivity contribution in [2.45, 2.75) is 47.1 Å². The number of anilines is 2. The number of amides is 1. The predicted molar refractivity (Wildman–Crippen MR) is 82.1 cm³/mol. The van der Waals surface area contributed by atoms with Crippen molar-refractivity contribution in [3.63, 3.8) is 0 Å². The van der Waals surface area contributed by atoms with E-state index in [1.807, 2.05) is 27.7 Å². The second-order valence-electron chi connectivity index (χ2n) is 5.10. The molecule has 0 spiro atoms. The third-order valence-electron chi connectivity index (χ3n) is 2.67. The summed E-state index contributed by atoms with van der Waals surface area (Å²) in [7, 11) is 0. The summed E-state index contributed by atoms with van der Waals surface area (Å²) in [6.45, 7) is 10.8. The van der Waals surface area contributed by atoms with E-state index in [1.54, 1.807) is 0 Å². The first kappa shape index (κ1) is 16.2. The highest BCUT2D eigenvalue weighted by Gasteiger charge is 2.10. The molecule has 112 valence electrons. The number of rotatable bonds is 7. The van der Waals surface area contributed by atoms with E-state index in [0.29, 0.717) is 11.6 Å². The molecular weight excluding hydrogens is 254 g/mol. The van der Waals surface area contributed by atoms with Crippen LogP contribution in [0, 0.1) is 13.8 Å². The van der Waals surface area contributed by atoms with Crippen molar-refractivity contribution in [2.24, 2.45) is 0 Å². The van der Waals surface area contributed by atoms with Crippen LogP contribution in [0.15, 0.2) is 0 Å². The molecule has 1 heterocycles. The summed E-state index contributed by atoms with van der Waals surface area (Å²) in [4.78, 5) is 20.4. The zero-order valence-electron chi connectivity index (χ0n) is 13.0. The summed E-state index contributed by atoms with van der Waals surface area (Å²) >= 11 is 0. The SMILES string of the molecule is CCCNc1nc(C)nc(NCC(=O)NC(C)C)c1C. The Hall–Kier alpha value is -1.85. The van der Waals surface area contributed by atoms with Gasteiger partial charge < -0.3 is 16.0 Å². The molecule has 0 atom stereocenters. The molecule has 0 fully saturated rings. The van der Waals surface area contributed by atoms with Crippen LogP contribution in [-0.4, -0.2) is 35.0 Å². The van der Waals surface area contributed by atoms with Crippen molar-refractivity contribution < 1.29 is 4.79 Å². The molecule has 3 N–H and O–H groups in total. The second-order valence-corrected chi connectivity index (χ2v) is 5.10. The highest BCUT2D eigenvalue weighted by atomic mass is 16.1. The Kier molecular flexibility index (Phi) is 6.21. The van der Waals surface area contributed by atoms with Gasteiger partial charge in [0.05, 0.1) is 6.54 Å². The van der Waals surface area contributed by atoms with Crippen LogP contribution in [0.4, 0.5) is 11.6 Å². The van der Waals surface area contributed by atoms with E-state index >= 15 is 0 Å². The summed E-state index contributed by atoms with van der Waals surface area (Å²) < 4.78 is 0. The highest BCUT2D eigenvalue weighted by molar-refractivity contribution is 5.81. The fourth-order valence-corrected chi connectivity index (χ4v) is 1.75. The van der Waals surface area contributed by atoms with Crippen LogP contribution in [0.5, 0.6) is 0 Å². The molecule has 0 unspecified atom stereocenters. The summed E-state index contributed by atoms with van der Waals surface area (Å²) in [6, 6.07) is 0.138. The molecule has 0 saturated heterocycles. The van der Waals surface area contributed by atoms with Gasteiger partial charge in [-0.15, -0.1) is 0 Å². The van der Waals surface area contributed by atoms with Crippen LogP contribution in [0.3, 0.4) is 0 Å². The number of nitrogens with one attached hydrogen (secondary N) is 3. The van der Waals surface area contributed by atoms with Gasteiger partial charge in [-0.1, -0.05) is 6.92 Å². The molecule has 0 aromatic carbocycles. The Labute approximate surface area is 120 Å². The van der Waals surface area contributed by atoms with E-state index < -0.39 is 0 Å². The van der Waals surface area contributed by atoms with Crippen molar-refractivity contribution in [1.29, 1.82) is 0 Å². The largest absolute Gasteiger partial charge is 0.370 e. The van der Waals surface area contributed by atoms with E-state index in [-0.39, 0.29) is 18.5 Å². The van der Waals surface area contributed by atoms with Gasteiger partial charge in [0.25, 0.3) is 0 Å². The first-order valence-electron chi connectivity index (χ1n) is 7.06. The van der Waals surface area contributed by atoms with E-state index in [2.05, 4.69) is 32.8 Å². The summed E-state index contributed by atoms with van der Waals surface area (Å²) in [5.74, 6) is 2.17. The van der Waals surface area contributed by atoms with Crippen molar-refractivity contribution in [3.05, 3.63) is 11.4 Å². The highest BCUT2D eigenvalue weighted by Crippen LogP contribution is 2.19. The maximum atomic E-state index is 11.6. The maximum absolute atomic E-state index is 11.6. The average Bonchev–Trinajstić information content (AvgIpc) is 2.36. The van der Waals surface area contributed by atoms with Gasteiger partial charge in [0.2, 0.25) is 5.91 Å². The number of carbonyl (C=O) groups excluding carboxylic acids is 1. The molecule has 1 aromatic rings. The first-order valence-corrected chi connectivity index (χ1v) is 7.06. The van der Waals surface area contributed by atoms with Crippen LogP contribution < -0.4 is 16.0 Å². The summed E-state index contributed by atoms with van der Waals surface area (Å²) in [5.41, 5.74) is 0.932. The lowest BCUT2D eigenvalue weighted by molar-refractivity contribution is -0.119. The molecular formula is C14H25N5O.